The van der Waals surface area contributed by atoms with E-state index in [-0.39, 0.29) is 17.1 Å². The molecule has 0 saturated carbocycles. The molecule has 1 aliphatic heterocycles. The average Bonchev–Trinajstić information content (AvgIpc) is 2.27. The molecule has 0 radical (unpaired) electrons. The van der Waals surface area contributed by atoms with Crippen molar-refractivity contribution in [3.05, 3.63) is 37.9 Å². The van der Waals surface area contributed by atoms with Gasteiger partial charge in [-0.25, -0.2) is 0 Å². The quantitative estimate of drug-likeness (QED) is 0.564. The number of nitro benzene ring substituents is 2. The fraction of sp³-hybridized carbons (Fsp3) is 0.333. The van der Waals surface area contributed by atoms with Gasteiger partial charge in [-0.1, -0.05) is 0 Å². The fourth-order valence-electron chi connectivity index (χ4n) is 1.69. The number of hydrogen-bond acceptors (Lipinski definition) is 5. The second kappa shape index (κ2) is 3.76. The maximum atomic E-state index is 10.8. The molecule has 0 aromatic heterocycles. The summed E-state index contributed by atoms with van der Waals surface area (Å²) in [6.45, 7) is 0.408. The highest BCUT2D eigenvalue weighted by Crippen LogP contribution is 2.38. The lowest BCUT2D eigenvalue weighted by Crippen LogP contribution is -2.10. The van der Waals surface area contributed by atoms with Crippen molar-refractivity contribution in [3.63, 3.8) is 0 Å². The van der Waals surface area contributed by atoms with E-state index in [0.717, 1.165) is 6.07 Å². The zero-order chi connectivity index (χ0) is 11.7. The molecule has 0 N–H and O–H groups in total. The Kier molecular flexibility index (Phi) is 2.43. The topological polar surface area (TPSA) is 95.5 Å². The van der Waals surface area contributed by atoms with Gasteiger partial charge in [-0.2, -0.15) is 0 Å². The maximum absolute atomic E-state index is 10.8. The van der Waals surface area contributed by atoms with Gasteiger partial charge < -0.3 is 4.74 Å². The fourth-order valence-corrected chi connectivity index (χ4v) is 1.69. The molecule has 0 fully saturated rings. The molecule has 0 bridgehead atoms. The highest BCUT2D eigenvalue weighted by atomic mass is 16.6. The Labute approximate surface area is 89.9 Å². The summed E-state index contributed by atoms with van der Waals surface area (Å²) < 4.78 is 5.19. The lowest BCUT2D eigenvalue weighted by molar-refractivity contribution is -0.394. The van der Waals surface area contributed by atoms with Gasteiger partial charge in [-0.3, -0.25) is 20.2 Å². The third kappa shape index (κ3) is 1.67. The minimum absolute atomic E-state index is 0.168. The molecule has 2 rings (SSSR count). The second-order valence-corrected chi connectivity index (χ2v) is 3.42. The normalized spacial score (nSPS) is 13.8. The SMILES string of the molecule is O=[N+]([O-])c1cc2c(c([N+](=O)[O-])c1)OCCC2. The van der Waals surface area contributed by atoms with Gasteiger partial charge in [0.2, 0.25) is 5.75 Å². The van der Waals surface area contributed by atoms with Gasteiger partial charge in [0.15, 0.2) is 0 Å². The number of fused-ring (bicyclic) bond motifs is 1. The molecule has 7 nitrogen and oxygen atoms in total. The van der Waals surface area contributed by atoms with E-state index in [1.165, 1.54) is 6.07 Å². The van der Waals surface area contributed by atoms with Crippen LogP contribution in [0.5, 0.6) is 5.75 Å². The smallest absolute Gasteiger partial charge is 0.318 e. The van der Waals surface area contributed by atoms with Gasteiger partial charge in [0.25, 0.3) is 5.69 Å². The van der Waals surface area contributed by atoms with Crippen molar-refractivity contribution in [2.45, 2.75) is 12.8 Å². The van der Waals surface area contributed by atoms with Crippen LogP contribution in [0.25, 0.3) is 0 Å². The van der Waals surface area contributed by atoms with Crippen molar-refractivity contribution < 1.29 is 14.6 Å². The number of nitro groups is 2. The standard InChI is InChI=1S/C9H8N2O5/c12-10(13)7-4-6-2-1-3-16-9(6)8(5-7)11(14)15/h4-5H,1-3H2. The van der Waals surface area contributed by atoms with Gasteiger partial charge in [-0.15, -0.1) is 0 Å². The average molecular weight is 224 g/mol. The molecule has 0 amide bonds. The molecule has 7 heteroatoms. The minimum atomic E-state index is -0.656. The number of hydrogen-bond donors (Lipinski definition) is 0. The van der Waals surface area contributed by atoms with Crippen molar-refractivity contribution >= 4 is 11.4 Å². The molecule has 84 valence electrons. The molecule has 1 aliphatic rings. The van der Waals surface area contributed by atoms with Gasteiger partial charge in [-0.05, 0) is 12.8 Å². The largest absolute Gasteiger partial charge is 0.487 e. The number of nitrogens with zero attached hydrogens (tertiary/aromatic N) is 2. The summed E-state index contributed by atoms with van der Waals surface area (Å²) in [6, 6.07) is 2.27. The monoisotopic (exact) mass is 224 g/mol. The van der Waals surface area contributed by atoms with Crippen LogP contribution in [0.15, 0.2) is 12.1 Å². The van der Waals surface area contributed by atoms with Gasteiger partial charge in [0.1, 0.15) is 0 Å². The van der Waals surface area contributed by atoms with Crippen LogP contribution in [0.2, 0.25) is 0 Å². The molecule has 0 aliphatic carbocycles. The Bertz CT molecular complexity index is 471. The Morgan fingerprint density at radius 1 is 1.19 bits per heavy atom. The molecular formula is C9H8N2O5. The molecule has 16 heavy (non-hydrogen) atoms. The van der Waals surface area contributed by atoms with E-state index in [2.05, 4.69) is 0 Å². The number of rotatable bonds is 2. The molecular weight excluding hydrogens is 216 g/mol. The van der Waals surface area contributed by atoms with Crippen LogP contribution < -0.4 is 4.74 Å². The molecule has 1 aromatic rings. The number of non-ortho nitro benzene ring substituents is 1. The van der Waals surface area contributed by atoms with Crippen LogP contribution in [0, 0.1) is 20.2 Å². The first-order chi connectivity index (χ1) is 7.59. The Balaban J connectivity index is 2.61. The Hall–Kier alpha value is -2.18. The predicted molar refractivity (Wildman–Crippen MR) is 53.6 cm³/mol. The highest BCUT2D eigenvalue weighted by molar-refractivity contribution is 5.59. The summed E-state index contributed by atoms with van der Waals surface area (Å²) in [5.41, 5.74) is -0.0630. The summed E-state index contributed by atoms with van der Waals surface area (Å²) in [7, 11) is 0. The van der Waals surface area contributed by atoms with E-state index < -0.39 is 9.85 Å². The molecule has 1 heterocycles. The summed E-state index contributed by atoms with van der Waals surface area (Å²) in [6.07, 6.45) is 1.28. The number of benzene rings is 1. The summed E-state index contributed by atoms with van der Waals surface area (Å²) in [4.78, 5) is 20.1. The zero-order valence-electron chi connectivity index (χ0n) is 8.21. The molecule has 0 spiro atoms. The third-order valence-electron chi connectivity index (χ3n) is 2.38. The van der Waals surface area contributed by atoms with Crippen LogP contribution in [0.3, 0.4) is 0 Å². The van der Waals surface area contributed by atoms with Crippen molar-refractivity contribution in [2.75, 3.05) is 6.61 Å². The lowest BCUT2D eigenvalue weighted by atomic mass is 10.0. The van der Waals surface area contributed by atoms with Crippen LogP contribution in [0.4, 0.5) is 11.4 Å². The third-order valence-corrected chi connectivity index (χ3v) is 2.38. The number of ether oxygens (including phenoxy) is 1. The first-order valence-electron chi connectivity index (χ1n) is 4.68. The Morgan fingerprint density at radius 2 is 1.94 bits per heavy atom. The summed E-state index contributed by atoms with van der Waals surface area (Å²) in [5.74, 6) is 0.168. The van der Waals surface area contributed by atoms with Crippen LogP contribution in [-0.4, -0.2) is 16.5 Å². The molecule has 1 aromatic carbocycles. The van der Waals surface area contributed by atoms with Crippen LogP contribution >= 0.6 is 0 Å². The second-order valence-electron chi connectivity index (χ2n) is 3.42. The van der Waals surface area contributed by atoms with E-state index in [0.29, 0.717) is 25.0 Å². The van der Waals surface area contributed by atoms with E-state index in [9.17, 15) is 20.2 Å². The minimum Gasteiger partial charge on any atom is -0.487 e. The predicted octanol–water partition coefficient (Wildman–Crippen LogP) is 1.83. The first kappa shape index (κ1) is 10.3. The molecule has 0 unspecified atom stereocenters. The number of aryl methyl sites for hydroxylation is 1. The van der Waals surface area contributed by atoms with E-state index in [1.54, 1.807) is 0 Å². The van der Waals surface area contributed by atoms with Gasteiger partial charge in [0, 0.05) is 11.6 Å². The lowest BCUT2D eigenvalue weighted by Gasteiger charge is -2.16. The van der Waals surface area contributed by atoms with Crippen LogP contribution in [-0.2, 0) is 6.42 Å². The van der Waals surface area contributed by atoms with Crippen molar-refractivity contribution in [2.24, 2.45) is 0 Å². The van der Waals surface area contributed by atoms with Crippen molar-refractivity contribution in [1.82, 2.24) is 0 Å². The Morgan fingerprint density at radius 3 is 2.56 bits per heavy atom. The van der Waals surface area contributed by atoms with Crippen molar-refractivity contribution in [3.8, 4) is 5.75 Å². The van der Waals surface area contributed by atoms with E-state index in [1.807, 2.05) is 0 Å². The van der Waals surface area contributed by atoms with E-state index >= 15 is 0 Å². The first-order valence-corrected chi connectivity index (χ1v) is 4.68. The van der Waals surface area contributed by atoms with E-state index in [4.69, 9.17) is 4.74 Å². The zero-order valence-corrected chi connectivity index (χ0v) is 8.21. The summed E-state index contributed by atoms with van der Waals surface area (Å²) in [5, 5.41) is 21.4. The van der Waals surface area contributed by atoms with Gasteiger partial charge >= 0.3 is 5.69 Å². The molecule has 0 atom stereocenters. The maximum Gasteiger partial charge on any atom is 0.318 e. The molecule has 0 saturated heterocycles. The van der Waals surface area contributed by atoms with Crippen molar-refractivity contribution in [1.29, 1.82) is 0 Å². The van der Waals surface area contributed by atoms with Gasteiger partial charge in [0.05, 0.1) is 22.5 Å². The summed E-state index contributed by atoms with van der Waals surface area (Å²) >= 11 is 0. The highest BCUT2D eigenvalue weighted by Gasteiger charge is 2.27. The van der Waals surface area contributed by atoms with Crippen LogP contribution in [0.1, 0.15) is 12.0 Å².